The molecular weight excluding hydrogens is 222 g/mol. The number of nitrogens with two attached hydrogens (primary N) is 1. The maximum absolute atomic E-state index is 11.9. The maximum atomic E-state index is 11.9. The Morgan fingerprint density at radius 2 is 2.06 bits per heavy atom. The zero-order valence-electron chi connectivity index (χ0n) is 10.7. The molecule has 17 heavy (non-hydrogen) atoms. The number of hydrogen-bond acceptors (Lipinski definition) is 4. The summed E-state index contributed by atoms with van der Waals surface area (Å²) in [6.45, 7) is 6.73. The monoisotopic (exact) mass is 243 g/mol. The van der Waals surface area contributed by atoms with Crippen molar-refractivity contribution in [3.8, 4) is 0 Å². The van der Waals surface area contributed by atoms with E-state index >= 15 is 0 Å². The lowest BCUT2D eigenvalue weighted by Crippen LogP contribution is -2.54. The van der Waals surface area contributed by atoms with Gasteiger partial charge in [0.2, 0.25) is 0 Å². The van der Waals surface area contributed by atoms with Crippen LogP contribution in [0.1, 0.15) is 33.6 Å². The molecule has 6 nitrogen and oxygen atoms in total. The van der Waals surface area contributed by atoms with Gasteiger partial charge in [0.05, 0.1) is 6.04 Å². The average molecular weight is 243 g/mol. The van der Waals surface area contributed by atoms with Gasteiger partial charge in [-0.25, -0.2) is 14.5 Å². The number of urea groups is 1. The highest BCUT2D eigenvalue weighted by Gasteiger charge is 2.32. The van der Waals surface area contributed by atoms with Crippen LogP contribution in [0.5, 0.6) is 0 Å². The Labute approximate surface area is 101 Å². The van der Waals surface area contributed by atoms with E-state index in [-0.39, 0.29) is 6.04 Å². The van der Waals surface area contributed by atoms with Gasteiger partial charge in [0.15, 0.2) is 0 Å². The molecule has 0 aromatic carbocycles. The third-order valence-corrected chi connectivity index (χ3v) is 2.46. The number of piperidine rings is 1. The number of hydrogen-bond donors (Lipinski definition) is 2. The Hall–Kier alpha value is -1.30. The SMILES string of the molecule is CC(C)(C)OC(=O)N(C(N)=O)[C@@H]1CCCNC1. The summed E-state index contributed by atoms with van der Waals surface area (Å²) in [4.78, 5) is 24.2. The zero-order chi connectivity index (χ0) is 13.1. The molecule has 3 amide bonds. The molecule has 1 rings (SSSR count). The molecule has 3 N–H and O–H groups in total. The fourth-order valence-corrected chi connectivity index (χ4v) is 1.78. The first-order chi connectivity index (χ1) is 7.81. The number of carbonyl (C=O) groups is 2. The summed E-state index contributed by atoms with van der Waals surface area (Å²) in [5, 5.41) is 3.13. The largest absolute Gasteiger partial charge is 0.443 e. The van der Waals surface area contributed by atoms with Gasteiger partial charge in [-0.15, -0.1) is 0 Å². The summed E-state index contributed by atoms with van der Waals surface area (Å²) in [6.07, 6.45) is 1.01. The van der Waals surface area contributed by atoms with Crippen LogP contribution in [-0.2, 0) is 4.74 Å². The molecule has 0 aromatic rings. The van der Waals surface area contributed by atoms with Gasteiger partial charge in [0.1, 0.15) is 5.60 Å². The average Bonchev–Trinajstić information content (AvgIpc) is 2.15. The van der Waals surface area contributed by atoms with Gasteiger partial charge in [0, 0.05) is 6.54 Å². The Balaban J connectivity index is 2.71. The third kappa shape index (κ3) is 4.22. The van der Waals surface area contributed by atoms with Gasteiger partial charge >= 0.3 is 12.1 Å². The van der Waals surface area contributed by atoms with Crippen molar-refractivity contribution in [3.63, 3.8) is 0 Å². The van der Waals surface area contributed by atoms with Crippen molar-refractivity contribution in [1.29, 1.82) is 0 Å². The Morgan fingerprint density at radius 1 is 1.41 bits per heavy atom. The predicted octanol–water partition coefficient (Wildman–Crippen LogP) is 1.05. The molecular formula is C11H21N3O3. The van der Waals surface area contributed by atoms with Crippen LogP contribution in [0, 0.1) is 0 Å². The van der Waals surface area contributed by atoms with E-state index in [1.165, 1.54) is 0 Å². The highest BCUT2D eigenvalue weighted by molar-refractivity contribution is 5.90. The van der Waals surface area contributed by atoms with Crippen molar-refractivity contribution >= 4 is 12.1 Å². The minimum Gasteiger partial charge on any atom is -0.443 e. The lowest BCUT2D eigenvalue weighted by Gasteiger charge is -2.33. The number of rotatable bonds is 1. The van der Waals surface area contributed by atoms with Gasteiger partial charge < -0.3 is 15.8 Å². The lowest BCUT2D eigenvalue weighted by atomic mass is 10.1. The van der Waals surface area contributed by atoms with E-state index in [1.54, 1.807) is 20.8 Å². The first-order valence-corrected chi connectivity index (χ1v) is 5.83. The van der Waals surface area contributed by atoms with Gasteiger partial charge in [0.25, 0.3) is 0 Å². The van der Waals surface area contributed by atoms with Gasteiger partial charge in [-0.1, -0.05) is 0 Å². The molecule has 1 heterocycles. The summed E-state index contributed by atoms with van der Waals surface area (Å²) in [5.41, 5.74) is 4.61. The molecule has 98 valence electrons. The molecule has 0 bridgehead atoms. The highest BCUT2D eigenvalue weighted by Crippen LogP contribution is 2.15. The van der Waals surface area contributed by atoms with E-state index in [2.05, 4.69) is 5.32 Å². The molecule has 0 aromatic heterocycles. The summed E-state index contributed by atoms with van der Waals surface area (Å²) < 4.78 is 5.17. The fourth-order valence-electron chi connectivity index (χ4n) is 1.78. The van der Waals surface area contributed by atoms with Crippen LogP contribution in [-0.4, -0.2) is 41.8 Å². The van der Waals surface area contributed by atoms with E-state index in [0.717, 1.165) is 24.3 Å². The summed E-state index contributed by atoms with van der Waals surface area (Å²) >= 11 is 0. The van der Waals surface area contributed by atoms with Gasteiger partial charge in [-0.2, -0.15) is 0 Å². The zero-order valence-corrected chi connectivity index (χ0v) is 10.7. The second kappa shape index (κ2) is 5.35. The second-order valence-corrected chi connectivity index (χ2v) is 5.19. The van der Waals surface area contributed by atoms with E-state index in [1.807, 2.05) is 0 Å². The molecule has 0 saturated carbocycles. The Morgan fingerprint density at radius 3 is 2.47 bits per heavy atom. The molecule has 6 heteroatoms. The van der Waals surface area contributed by atoms with Crippen molar-refractivity contribution in [1.82, 2.24) is 10.2 Å². The van der Waals surface area contributed by atoms with Crippen LogP contribution in [0.3, 0.4) is 0 Å². The van der Waals surface area contributed by atoms with Crippen molar-refractivity contribution in [2.75, 3.05) is 13.1 Å². The smallest absolute Gasteiger partial charge is 0.418 e. The normalized spacial score (nSPS) is 20.8. The third-order valence-electron chi connectivity index (χ3n) is 2.46. The first kappa shape index (κ1) is 13.8. The molecule has 1 saturated heterocycles. The van der Waals surface area contributed by atoms with Crippen molar-refractivity contribution in [2.45, 2.75) is 45.3 Å². The lowest BCUT2D eigenvalue weighted by molar-refractivity contribution is 0.0243. The van der Waals surface area contributed by atoms with Crippen LogP contribution in [0.4, 0.5) is 9.59 Å². The Bertz CT molecular complexity index is 293. The van der Waals surface area contributed by atoms with Crippen LogP contribution in [0.2, 0.25) is 0 Å². The minimum atomic E-state index is -0.757. The standard InChI is InChI=1S/C11H21N3O3/c1-11(2,3)17-10(16)14(9(12)15)8-5-4-6-13-7-8/h8,13H,4-7H2,1-3H3,(H2,12,15)/t8-/m1/s1. The molecule has 1 aliphatic heterocycles. The number of nitrogens with zero attached hydrogens (tertiary/aromatic N) is 1. The quantitative estimate of drug-likeness (QED) is 0.721. The number of imide groups is 1. The van der Waals surface area contributed by atoms with Crippen molar-refractivity contribution in [2.24, 2.45) is 5.73 Å². The highest BCUT2D eigenvalue weighted by atomic mass is 16.6. The van der Waals surface area contributed by atoms with Gasteiger partial charge in [-0.05, 0) is 40.2 Å². The van der Waals surface area contributed by atoms with Crippen LogP contribution in [0.25, 0.3) is 0 Å². The molecule has 0 radical (unpaired) electrons. The Kier molecular flexibility index (Phi) is 4.34. The summed E-state index contributed by atoms with van der Waals surface area (Å²) in [5.74, 6) is 0. The predicted molar refractivity (Wildman–Crippen MR) is 63.5 cm³/mol. The van der Waals surface area contributed by atoms with E-state index < -0.39 is 17.7 Å². The van der Waals surface area contributed by atoms with E-state index in [0.29, 0.717) is 6.54 Å². The molecule has 0 spiro atoms. The minimum absolute atomic E-state index is 0.212. The van der Waals surface area contributed by atoms with Crippen molar-refractivity contribution in [3.05, 3.63) is 0 Å². The van der Waals surface area contributed by atoms with Crippen molar-refractivity contribution < 1.29 is 14.3 Å². The summed E-state index contributed by atoms with van der Waals surface area (Å²) in [6, 6.07) is -0.968. The number of nitrogens with one attached hydrogen (secondary N) is 1. The van der Waals surface area contributed by atoms with Gasteiger partial charge in [-0.3, -0.25) is 0 Å². The summed E-state index contributed by atoms with van der Waals surface area (Å²) in [7, 11) is 0. The fraction of sp³-hybridized carbons (Fsp3) is 0.818. The number of amides is 3. The number of carbonyl (C=O) groups excluding carboxylic acids is 2. The maximum Gasteiger partial charge on any atom is 0.418 e. The molecule has 0 unspecified atom stereocenters. The van der Waals surface area contributed by atoms with E-state index in [9.17, 15) is 9.59 Å². The number of primary amides is 1. The first-order valence-electron chi connectivity index (χ1n) is 5.83. The van der Waals surface area contributed by atoms with Crippen LogP contribution in [0.15, 0.2) is 0 Å². The topological polar surface area (TPSA) is 84.7 Å². The van der Waals surface area contributed by atoms with Crippen LogP contribution < -0.4 is 11.1 Å². The molecule has 1 atom stereocenters. The molecule has 0 aliphatic carbocycles. The molecule has 1 fully saturated rings. The van der Waals surface area contributed by atoms with Crippen LogP contribution >= 0.6 is 0 Å². The molecule has 1 aliphatic rings. The van der Waals surface area contributed by atoms with E-state index in [4.69, 9.17) is 10.5 Å². The second-order valence-electron chi connectivity index (χ2n) is 5.19. The number of ether oxygens (including phenoxy) is 1.